The van der Waals surface area contributed by atoms with Crippen LogP contribution in [0.15, 0.2) is 18.2 Å². The standard InChI is InChI=1S/C13H17N3O/c1-9-3-2-4-11-13(9)15-12(17)7-10-8-14-5-6-16(10)11/h2-4,10,14H,5-8H2,1H3,(H,15,17). The zero-order valence-electron chi connectivity index (χ0n) is 9.99. The SMILES string of the molecule is Cc1cccc2c1NC(=O)CC1CNCCN21. The molecule has 0 aromatic heterocycles. The number of fused-ring (bicyclic) bond motifs is 3. The molecule has 0 bridgehead atoms. The number of carbonyl (C=O) groups is 1. The maximum Gasteiger partial charge on any atom is 0.226 e. The van der Waals surface area contributed by atoms with Crippen LogP contribution in [0.25, 0.3) is 0 Å². The van der Waals surface area contributed by atoms with Crippen molar-refractivity contribution in [1.82, 2.24) is 5.32 Å². The van der Waals surface area contributed by atoms with E-state index in [0.29, 0.717) is 6.42 Å². The molecule has 3 rings (SSSR count). The second-order valence-electron chi connectivity index (χ2n) is 4.77. The Labute approximate surface area is 101 Å². The molecule has 1 aromatic rings. The van der Waals surface area contributed by atoms with Crippen molar-refractivity contribution in [1.29, 1.82) is 0 Å². The molecule has 4 heteroatoms. The summed E-state index contributed by atoms with van der Waals surface area (Å²) in [5, 5.41) is 6.39. The quantitative estimate of drug-likeness (QED) is 0.703. The summed E-state index contributed by atoms with van der Waals surface area (Å²) in [5.74, 6) is 0.122. The van der Waals surface area contributed by atoms with Gasteiger partial charge in [0.05, 0.1) is 17.4 Å². The fourth-order valence-electron chi connectivity index (χ4n) is 2.72. The van der Waals surface area contributed by atoms with Crippen LogP contribution in [-0.2, 0) is 4.79 Å². The Balaban J connectivity index is 2.09. The lowest BCUT2D eigenvalue weighted by molar-refractivity contribution is -0.116. The molecule has 2 heterocycles. The van der Waals surface area contributed by atoms with Crippen molar-refractivity contribution in [3.63, 3.8) is 0 Å². The number of aryl methyl sites for hydroxylation is 1. The first kappa shape index (κ1) is 10.6. The van der Waals surface area contributed by atoms with Crippen LogP contribution in [0.1, 0.15) is 12.0 Å². The van der Waals surface area contributed by atoms with Gasteiger partial charge in [0.1, 0.15) is 0 Å². The predicted molar refractivity (Wildman–Crippen MR) is 68.4 cm³/mol. The zero-order valence-corrected chi connectivity index (χ0v) is 9.99. The molecule has 1 saturated heterocycles. The van der Waals surface area contributed by atoms with Gasteiger partial charge < -0.3 is 15.5 Å². The predicted octanol–water partition coefficient (Wildman–Crippen LogP) is 1.12. The minimum absolute atomic E-state index is 0.122. The number of piperazine rings is 1. The first-order valence-corrected chi connectivity index (χ1v) is 6.12. The third-order valence-corrected chi connectivity index (χ3v) is 3.60. The molecule has 4 nitrogen and oxygen atoms in total. The first-order valence-electron chi connectivity index (χ1n) is 6.12. The lowest BCUT2D eigenvalue weighted by Gasteiger charge is -2.36. The second-order valence-corrected chi connectivity index (χ2v) is 4.77. The van der Waals surface area contributed by atoms with Crippen LogP contribution in [0.4, 0.5) is 11.4 Å². The van der Waals surface area contributed by atoms with E-state index in [9.17, 15) is 4.79 Å². The molecular formula is C13H17N3O. The molecule has 1 aromatic carbocycles. The summed E-state index contributed by atoms with van der Waals surface area (Å²) >= 11 is 0. The Morgan fingerprint density at radius 1 is 1.41 bits per heavy atom. The molecular weight excluding hydrogens is 214 g/mol. The molecule has 1 unspecified atom stereocenters. The summed E-state index contributed by atoms with van der Waals surface area (Å²) < 4.78 is 0. The maximum atomic E-state index is 11.9. The number of amides is 1. The number of benzene rings is 1. The van der Waals surface area contributed by atoms with Crippen LogP contribution in [0.2, 0.25) is 0 Å². The lowest BCUT2D eigenvalue weighted by Crippen LogP contribution is -2.51. The van der Waals surface area contributed by atoms with E-state index in [1.54, 1.807) is 0 Å². The van der Waals surface area contributed by atoms with Crippen molar-refractivity contribution >= 4 is 17.3 Å². The third-order valence-electron chi connectivity index (χ3n) is 3.60. The van der Waals surface area contributed by atoms with Crippen molar-refractivity contribution in [2.45, 2.75) is 19.4 Å². The van der Waals surface area contributed by atoms with Gasteiger partial charge in [-0.1, -0.05) is 12.1 Å². The summed E-state index contributed by atoms with van der Waals surface area (Å²) in [5.41, 5.74) is 3.29. The molecule has 0 radical (unpaired) electrons. The van der Waals surface area contributed by atoms with Crippen LogP contribution in [0.3, 0.4) is 0 Å². The number of hydrogen-bond donors (Lipinski definition) is 2. The van der Waals surface area contributed by atoms with Crippen molar-refractivity contribution in [2.75, 3.05) is 29.9 Å². The number of anilines is 2. The van der Waals surface area contributed by atoms with Gasteiger partial charge >= 0.3 is 0 Å². The summed E-state index contributed by atoms with van der Waals surface area (Å²) in [7, 11) is 0. The molecule has 0 aliphatic carbocycles. The molecule has 2 aliphatic heterocycles. The van der Waals surface area contributed by atoms with Gasteiger partial charge in [-0.15, -0.1) is 0 Å². The molecule has 1 atom stereocenters. The molecule has 90 valence electrons. The first-order chi connectivity index (χ1) is 8.25. The number of nitrogens with one attached hydrogen (secondary N) is 2. The van der Waals surface area contributed by atoms with Gasteiger partial charge in [0, 0.05) is 26.1 Å². The van der Waals surface area contributed by atoms with Crippen LogP contribution < -0.4 is 15.5 Å². The molecule has 2 aliphatic rings. The maximum absolute atomic E-state index is 11.9. The van der Waals surface area contributed by atoms with Gasteiger partial charge in [0.15, 0.2) is 0 Å². The number of nitrogens with zero attached hydrogens (tertiary/aromatic N) is 1. The Kier molecular flexibility index (Phi) is 2.52. The molecule has 0 spiro atoms. The summed E-state index contributed by atoms with van der Waals surface area (Å²) in [6.45, 7) is 4.89. The van der Waals surface area contributed by atoms with E-state index in [0.717, 1.165) is 30.9 Å². The molecule has 1 amide bonds. The average molecular weight is 231 g/mol. The Bertz CT molecular complexity index is 458. The zero-order chi connectivity index (χ0) is 11.8. The van der Waals surface area contributed by atoms with E-state index >= 15 is 0 Å². The van der Waals surface area contributed by atoms with E-state index in [2.05, 4.69) is 27.7 Å². The van der Waals surface area contributed by atoms with Crippen molar-refractivity contribution in [2.24, 2.45) is 0 Å². The number of hydrogen-bond acceptors (Lipinski definition) is 3. The Morgan fingerprint density at radius 3 is 3.18 bits per heavy atom. The highest BCUT2D eigenvalue weighted by Crippen LogP contribution is 2.34. The van der Waals surface area contributed by atoms with Gasteiger partial charge in [-0.25, -0.2) is 0 Å². The van der Waals surface area contributed by atoms with Gasteiger partial charge in [0.2, 0.25) is 5.91 Å². The minimum atomic E-state index is 0.122. The van der Waals surface area contributed by atoms with Gasteiger partial charge in [-0.05, 0) is 18.6 Å². The monoisotopic (exact) mass is 231 g/mol. The van der Waals surface area contributed by atoms with Gasteiger partial charge in [-0.2, -0.15) is 0 Å². The summed E-state index contributed by atoms with van der Waals surface area (Å²) in [6, 6.07) is 6.49. The molecule has 2 N–H and O–H groups in total. The number of para-hydroxylation sites is 1. The van der Waals surface area contributed by atoms with E-state index in [-0.39, 0.29) is 11.9 Å². The van der Waals surface area contributed by atoms with Crippen LogP contribution in [0, 0.1) is 6.92 Å². The summed E-state index contributed by atoms with van der Waals surface area (Å²) in [6.07, 6.45) is 0.571. The highest BCUT2D eigenvalue weighted by molar-refractivity contribution is 5.97. The number of carbonyl (C=O) groups excluding carboxylic acids is 1. The van der Waals surface area contributed by atoms with Gasteiger partial charge in [-0.3, -0.25) is 4.79 Å². The second kappa shape index (κ2) is 4.04. The topological polar surface area (TPSA) is 44.4 Å². The van der Waals surface area contributed by atoms with Gasteiger partial charge in [0.25, 0.3) is 0 Å². The Morgan fingerprint density at radius 2 is 2.29 bits per heavy atom. The van der Waals surface area contributed by atoms with Crippen molar-refractivity contribution in [3.8, 4) is 0 Å². The van der Waals surface area contributed by atoms with E-state index in [1.165, 1.54) is 5.69 Å². The fourth-order valence-corrected chi connectivity index (χ4v) is 2.72. The molecule has 1 fully saturated rings. The highest BCUT2D eigenvalue weighted by Gasteiger charge is 2.30. The average Bonchev–Trinajstić information content (AvgIpc) is 2.46. The smallest absolute Gasteiger partial charge is 0.226 e. The largest absolute Gasteiger partial charge is 0.364 e. The van der Waals surface area contributed by atoms with Crippen LogP contribution in [0.5, 0.6) is 0 Å². The summed E-state index contributed by atoms with van der Waals surface area (Å²) in [4.78, 5) is 14.2. The Hall–Kier alpha value is -1.55. The lowest BCUT2D eigenvalue weighted by atomic mass is 10.1. The van der Waals surface area contributed by atoms with E-state index < -0.39 is 0 Å². The normalized spacial score (nSPS) is 23.5. The third kappa shape index (κ3) is 1.78. The van der Waals surface area contributed by atoms with Crippen LogP contribution >= 0.6 is 0 Å². The molecule has 0 saturated carbocycles. The fraction of sp³-hybridized carbons (Fsp3) is 0.462. The number of rotatable bonds is 0. The van der Waals surface area contributed by atoms with E-state index in [1.807, 2.05) is 13.0 Å². The van der Waals surface area contributed by atoms with Crippen LogP contribution in [-0.4, -0.2) is 31.6 Å². The van der Waals surface area contributed by atoms with Crippen molar-refractivity contribution < 1.29 is 4.79 Å². The van der Waals surface area contributed by atoms with E-state index in [4.69, 9.17) is 0 Å². The minimum Gasteiger partial charge on any atom is -0.364 e. The van der Waals surface area contributed by atoms with Crippen molar-refractivity contribution in [3.05, 3.63) is 23.8 Å². The highest BCUT2D eigenvalue weighted by atomic mass is 16.1. The molecule has 17 heavy (non-hydrogen) atoms.